The van der Waals surface area contributed by atoms with Crippen LogP contribution >= 0.6 is 0 Å². The zero-order valence-corrected chi connectivity index (χ0v) is 8.71. The Morgan fingerprint density at radius 3 is 2.71 bits per heavy atom. The lowest BCUT2D eigenvalue weighted by molar-refractivity contribution is -0.148. The predicted octanol–water partition coefficient (Wildman–Crippen LogP) is 0.878. The van der Waals surface area contributed by atoms with Crippen molar-refractivity contribution in [3.63, 3.8) is 0 Å². The molecule has 0 aromatic heterocycles. The van der Waals surface area contributed by atoms with Crippen LogP contribution in [0.5, 0.6) is 0 Å². The van der Waals surface area contributed by atoms with Crippen molar-refractivity contribution in [3.8, 4) is 0 Å². The largest absolute Gasteiger partial charge is 0.464 e. The van der Waals surface area contributed by atoms with Crippen molar-refractivity contribution in [1.29, 1.82) is 0 Å². The van der Waals surface area contributed by atoms with Crippen LogP contribution in [0, 0.1) is 5.92 Å². The van der Waals surface area contributed by atoms with E-state index in [0.717, 1.165) is 6.42 Å². The summed E-state index contributed by atoms with van der Waals surface area (Å²) >= 11 is 0. The molecule has 0 spiro atoms. The van der Waals surface area contributed by atoms with E-state index in [-0.39, 0.29) is 24.4 Å². The molecule has 1 N–H and O–H groups in total. The molecule has 4 nitrogen and oxygen atoms in total. The van der Waals surface area contributed by atoms with Gasteiger partial charge in [-0.15, -0.1) is 0 Å². The summed E-state index contributed by atoms with van der Waals surface area (Å²) in [6.45, 7) is 7.57. The minimum atomic E-state index is -0.260. The van der Waals surface area contributed by atoms with Crippen LogP contribution in [-0.2, 0) is 14.3 Å². The number of hydrogen-bond donors (Lipinski definition) is 1. The Balaban J connectivity index is 3.50. The number of esters is 1. The van der Waals surface area contributed by atoms with E-state index in [0.29, 0.717) is 6.54 Å². The van der Waals surface area contributed by atoms with E-state index >= 15 is 0 Å². The third-order valence-corrected chi connectivity index (χ3v) is 1.85. The quantitative estimate of drug-likeness (QED) is 0.392. The third kappa shape index (κ3) is 5.35. The van der Waals surface area contributed by atoms with Crippen molar-refractivity contribution in [2.24, 2.45) is 5.92 Å². The third-order valence-electron chi connectivity index (χ3n) is 1.85. The van der Waals surface area contributed by atoms with Crippen LogP contribution in [0.3, 0.4) is 0 Å². The number of hydrogen-bond acceptors (Lipinski definition) is 3. The SMILES string of the molecule is C=CC(=O)NCCOC(=O)C(C)CC. The highest BCUT2D eigenvalue weighted by Crippen LogP contribution is 2.02. The van der Waals surface area contributed by atoms with Gasteiger partial charge in [-0.2, -0.15) is 0 Å². The van der Waals surface area contributed by atoms with E-state index in [1.807, 2.05) is 13.8 Å². The minimum Gasteiger partial charge on any atom is -0.464 e. The summed E-state index contributed by atoms with van der Waals surface area (Å²) in [7, 11) is 0. The Morgan fingerprint density at radius 2 is 2.21 bits per heavy atom. The summed E-state index contributed by atoms with van der Waals surface area (Å²) in [4.78, 5) is 21.8. The Bertz CT molecular complexity index is 213. The normalized spacial score (nSPS) is 11.6. The second-order valence-electron chi connectivity index (χ2n) is 2.97. The molecule has 0 radical (unpaired) electrons. The van der Waals surface area contributed by atoms with Crippen molar-refractivity contribution in [2.45, 2.75) is 20.3 Å². The number of rotatable bonds is 6. The first kappa shape index (κ1) is 12.7. The molecule has 0 aliphatic carbocycles. The van der Waals surface area contributed by atoms with Gasteiger partial charge in [-0.3, -0.25) is 9.59 Å². The Hall–Kier alpha value is -1.32. The van der Waals surface area contributed by atoms with Gasteiger partial charge in [0, 0.05) is 0 Å². The maximum atomic E-state index is 11.1. The first-order valence-electron chi connectivity index (χ1n) is 4.68. The molecular formula is C10H17NO3. The molecule has 0 aliphatic rings. The van der Waals surface area contributed by atoms with Gasteiger partial charge in [0.25, 0.3) is 0 Å². The van der Waals surface area contributed by atoms with Gasteiger partial charge in [-0.25, -0.2) is 0 Å². The summed E-state index contributed by atoms with van der Waals surface area (Å²) in [5.41, 5.74) is 0. The number of carbonyl (C=O) groups excluding carboxylic acids is 2. The summed E-state index contributed by atoms with van der Waals surface area (Å²) in [6.07, 6.45) is 1.94. The topological polar surface area (TPSA) is 55.4 Å². The zero-order valence-electron chi connectivity index (χ0n) is 8.71. The molecule has 0 heterocycles. The average molecular weight is 199 g/mol. The summed E-state index contributed by atoms with van der Waals surface area (Å²) < 4.78 is 4.90. The van der Waals surface area contributed by atoms with Crippen molar-refractivity contribution >= 4 is 11.9 Å². The average Bonchev–Trinajstić information content (AvgIpc) is 2.22. The van der Waals surface area contributed by atoms with Crippen LogP contribution in [0.1, 0.15) is 20.3 Å². The predicted molar refractivity (Wildman–Crippen MR) is 53.6 cm³/mol. The van der Waals surface area contributed by atoms with Crippen LogP contribution in [0.4, 0.5) is 0 Å². The van der Waals surface area contributed by atoms with Gasteiger partial charge in [0.05, 0.1) is 12.5 Å². The number of nitrogens with one attached hydrogen (secondary N) is 1. The maximum Gasteiger partial charge on any atom is 0.308 e. The van der Waals surface area contributed by atoms with Crippen molar-refractivity contribution in [3.05, 3.63) is 12.7 Å². The highest BCUT2D eigenvalue weighted by Gasteiger charge is 2.10. The Kier molecular flexibility index (Phi) is 6.45. The molecule has 4 heteroatoms. The lowest BCUT2D eigenvalue weighted by atomic mass is 10.1. The Morgan fingerprint density at radius 1 is 1.57 bits per heavy atom. The van der Waals surface area contributed by atoms with Gasteiger partial charge in [-0.05, 0) is 12.5 Å². The summed E-state index contributed by atoms with van der Waals surface area (Å²) in [5.74, 6) is -0.560. The van der Waals surface area contributed by atoms with Gasteiger partial charge in [0.2, 0.25) is 5.91 Å². The Labute approximate surface area is 84.3 Å². The van der Waals surface area contributed by atoms with E-state index in [4.69, 9.17) is 4.74 Å². The second kappa shape index (κ2) is 7.12. The molecule has 1 unspecified atom stereocenters. The summed E-state index contributed by atoms with van der Waals surface area (Å²) in [6, 6.07) is 0. The molecule has 0 bridgehead atoms. The molecule has 14 heavy (non-hydrogen) atoms. The van der Waals surface area contributed by atoms with Crippen LogP contribution in [-0.4, -0.2) is 25.0 Å². The van der Waals surface area contributed by atoms with E-state index in [1.165, 1.54) is 6.08 Å². The van der Waals surface area contributed by atoms with Crippen molar-refractivity contribution < 1.29 is 14.3 Å². The van der Waals surface area contributed by atoms with Gasteiger partial charge in [0.1, 0.15) is 6.61 Å². The van der Waals surface area contributed by atoms with E-state index in [1.54, 1.807) is 0 Å². The minimum absolute atomic E-state index is 0.0786. The molecule has 0 rings (SSSR count). The molecule has 0 fully saturated rings. The first-order valence-corrected chi connectivity index (χ1v) is 4.68. The highest BCUT2D eigenvalue weighted by atomic mass is 16.5. The van der Waals surface area contributed by atoms with Crippen LogP contribution in [0.15, 0.2) is 12.7 Å². The van der Waals surface area contributed by atoms with Gasteiger partial charge in [0.15, 0.2) is 0 Å². The number of ether oxygens (including phenoxy) is 1. The smallest absolute Gasteiger partial charge is 0.308 e. The molecule has 0 aromatic carbocycles. The fourth-order valence-electron chi connectivity index (χ4n) is 0.707. The lowest BCUT2D eigenvalue weighted by Crippen LogP contribution is -2.27. The fraction of sp³-hybridized carbons (Fsp3) is 0.600. The van der Waals surface area contributed by atoms with Crippen molar-refractivity contribution in [1.82, 2.24) is 5.32 Å². The van der Waals surface area contributed by atoms with E-state index < -0.39 is 0 Å². The molecule has 0 aromatic rings. The first-order chi connectivity index (χ1) is 6.61. The lowest BCUT2D eigenvalue weighted by Gasteiger charge is -2.08. The standard InChI is InChI=1S/C10H17NO3/c1-4-8(3)10(13)14-7-6-11-9(12)5-2/h5,8H,2,4,6-7H2,1,3H3,(H,11,12). The molecule has 0 aliphatic heterocycles. The number of carbonyl (C=O) groups is 2. The maximum absolute atomic E-state index is 11.1. The van der Waals surface area contributed by atoms with Gasteiger partial charge >= 0.3 is 5.97 Å². The van der Waals surface area contributed by atoms with Crippen LogP contribution in [0.25, 0.3) is 0 Å². The molecule has 0 saturated heterocycles. The van der Waals surface area contributed by atoms with Crippen LogP contribution in [0.2, 0.25) is 0 Å². The van der Waals surface area contributed by atoms with E-state index in [2.05, 4.69) is 11.9 Å². The highest BCUT2D eigenvalue weighted by molar-refractivity contribution is 5.86. The van der Waals surface area contributed by atoms with Gasteiger partial charge in [-0.1, -0.05) is 20.4 Å². The second-order valence-corrected chi connectivity index (χ2v) is 2.97. The van der Waals surface area contributed by atoms with Gasteiger partial charge < -0.3 is 10.1 Å². The van der Waals surface area contributed by atoms with Crippen molar-refractivity contribution in [2.75, 3.05) is 13.2 Å². The van der Waals surface area contributed by atoms with Crippen LogP contribution < -0.4 is 5.32 Å². The molecule has 0 saturated carbocycles. The molecule has 1 amide bonds. The molecule has 80 valence electrons. The van der Waals surface area contributed by atoms with E-state index in [9.17, 15) is 9.59 Å². The zero-order chi connectivity index (χ0) is 11.0. The fourth-order valence-corrected chi connectivity index (χ4v) is 0.707. The monoisotopic (exact) mass is 199 g/mol. The number of amides is 1. The molecular weight excluding hydrogens is 182 g/mol. The molecule has 1 atom stereocenters. The summed E-state index contributed by atoms with van der Waals surface area (Å²) in [5, 5.41) is 2.51.